The van der Waals surface area contributed by atoms with Gasteiger partial charge in [0, 0.05) is 19.6 Å². The molecule has 0 radical (unpaired) electrons. The summed E-state index contributed by atoms with van der Waals surface area (Å²) in [4.78, 5) is 25.9. The maximum atomic E-state index is 12.4. The van der Waals surface area contributed by atoms with Gasteiger partial charge in [-0.2, -0.15) is 0 Å². The fourth-order valence-corrected chi connectivity index (χ4v) is 2.91. The minimum absolute atomic E-state index is 0.00616. The topological polar surface area (TPSA) is 67.9 Å². The normalized spacial score (nSPS) is 22.7. The van der Waals surface area contributed by atoms with Gasteiger partial charge in [-0.25, -0.2) is 4.79 Å². The minimum Gasteiger partial charge on any atom is -0.465 e. The summed E-state index contributed by atoms with van der Waals surface area (Å²) < 4.78 is 10.4. The zero-order chi connectivity index (χ0) is 17.7. The Labute approximate surface area is 143 Å². The predicted molar refractivity (Wildman–Crippen MR) is 90.7 cm³/mol. The molecule has 0 unspecified atom stereocenters. The number of nitrogens with one attached hydrogen (secondary N) is 1. The first kappa shape index (κ1) is 18.4. The van der Waals surface area contributed by atoms with Gasteiger partial charge < -0.3 is 14.8 Å². The molecule has 1 heterocycles. The lowest BCUT2D eigenvalue weighted by molar-refractivity contribution is -0.131. The highest BCUT2D eigenvalue weighted by Crippen LogP contribution is 2.14. The van der Waals surface area contributed by atoms with Gasteiger partial charge in [-0.05, 0) is 38.5 Å². The molecule has 0 saturated carbocycles. The van der Waals surface area contributed by atoms with Gasteiger partial charge in [0.15, 0.2) is 0 Å². The molecule has 0 aromatic heterocycles. The maximum Gasteiger partial charge on any atom is 0.337 e. The van der Waals surface area contributed by atoms with E-state index >= 15 is 0 Å². The molecule has 0 spiro atoms. The van der Waals surface area contributed by atoms with E-state index in [0.717, 1.165) is 18.7 Å². The largest absolute Gasteiger partial charge is 0.465 e. The highest BCUT2D eigenvalue weighted by Gasteiger charge is 2.29. The number of benzene rings is 1. The van der Waals surface area contributed by atoms with Gasteiger partial charge in [0.2, 0.25) is 5.91 Å². The molecule has 1 aliphatic rings. The summed E-state index contributed by atoms with van der Waals surface area (Å²) in [5.74, 6) is -0.372. The van der Waals surface area contributed by atoms with E-state index < -0.39 is 0 Å². The number of methoxy groups -OCH3 is 1. The molecule has 132 valence electrons. The number of rotatable bonds is 5. The molecule has 24 heavy (non-hydrogen) atoms. The van der Waals surface area contributed by atoms with Gasteiger partial charge >= 0.3 is 5.97 Å². The molecule has 6 heteroatoms. The molecule has 1 aliphatic heterocycles. The molecular formula is C18H26N2O4. The van der Waals surface area contributed by atoms with Gasteiger partial charge in [0.05, 0.1) is 30.9 Å². The summed E-state index contributed by atoms with van der Waals surface area (Å²) in [6.07, 6.45) is 0.268. The van der Waals surface area contributed by atoms with Crippen LogP contribution in [0.1, 0.15) is 36.7 Å². The summed E-state index contributed by atoms with van der Waals surface area (Å²) in [6.45, 7) is 7.91. The van der Waals surface area contributed by atoms with E-state index in [-0.39, 0.29) is 30.1 Å². The van der Waals surface area contributed by atoms with Gasteiger partial charge in [-0.3, -0.25) is 9.69 Å². The lowest BCUT2D eigenvalue weighted by Gasteiger charge is -2.38. The summed E-state index contributed by atoms with van der Waals surface area (Å²) in [5.41, 5.74) is 1.43. The second-order valence-electron chi connectivity index (χ2n) is 6.29. The van der Waals surface area contributed by atoms with E-state index in [2.05, 4.69) is 15.0 Å². The Hall–Kier alpha value is -1.92. The molecule has 6 nitrogen and oxygen atoms in total. The van der Waals surface area contributed by atoms with Crippen molar-refractivity contribution in [2.45, 2.75) is 45.6 Å². The Morgan fingerprint density at radius 1 is 1.25 bits per heavy atom. The lowest BCUT2D eigenvalue weighted by Crippen LogP contribution is -2.53. The zero-order valence-electron chi connectivity index (χ0n) is 14.7. The smallest absolute Gasteiger partial charge is 0.337 e. The van der Waals surface area contributed by atoms with Crippen LogP contribution >= 0.6 is 0 Å². The van der Waals surface area contributed by atoms with Crippen LogP contribution in [0.4, 0.5) is 0 Å². The number of morpholine rings is 1. The number of nitrogens with zero attached hydrogens (tertiary/aromatic N) is 1. The molecule has 0 aliphatic carbocycles. The molecule has 1 aromatic carbocycles. The first-order valence-electron chi connectivity index (χ1n) is 8.25. The monoisotopic (exact) mass is 334 g/mol. The number of esters is 1. The number of ether oxygens (including phenoxy) is 2. The zero-order valence-corrected chi connectivity index (χ0v) is 14.7. The Morgan fingerprint density at radius 3 is 2.38 bits per heavy atom. The summed E-state index contributed by atoms with van der Waals surface area (Å²) >= 11 is 0. The Morgan fingerprint density at radius 2 is 1.83 bits per heavy atom. The van der Waals surface area contributed by atoms with Crippen LogP contribution in [-0.2, 0) is 20.8 Å². The SMILES string of the molecule is COC(=O)c1ccc(CNC(=O)[C@@H](C)N2C[C@@H](C)O[C@@H](C)C2)cc1. The Kier molecular flexibility index (Phi) is 6.34. The number of carbonyl (C=O) groups is 2. The van der Waals surface area contributed by atoms with Crippen molar-refractivity contribution in [1.82, 2.24) is 10.2 Å². The fourth-order valence-electron chi connectivity index (χ4n) is 2.91. The number of hydrogen-bond donors (Lipinski definition) is 1. The molecule has 2 rings (SSSR count). The van der Waals surface area contributed by atoms with E-state index in [1.165, 1.54) is 7.11 Å². The lowest BCUT2D eigenvalue weighted by atomic mass is 10.1. The minimum atomic E-state index is -0.366. The third kappa shape index (κ3) is 4.79. The molecular weight excluding hydrogens is 308 g/mol. The van der Waals surface area contributed by atoms with Crippen molar-refractivity contribution in [2.75, 3.05) is 20.2 Å². The summed E-state index contributed by atoms with van der Waals surface area (Å²) in [7, 11) is 1.35. The molecule has 1 aromatic rings. The van der Waals surface area contributed by atoms with E-state index in [4.69, 9.17) is 4.74 Å². The average Bonchev–Trinajstić information content (AvgIpc) is 2.57. The highest BCUT2D eigenvalue weighted by atomic mass is 16.5. The van der Waals surface area contributed by atoms with Gasteiger partial charge in [0.1, 0.15) is 0 Å². The standard InChI is InChI=1S/C18H26N2O4/c1-12-10-20(11-13(2)24-12)14(3)17(21)19-9-15-5-7-16(8-6-15)18(22)23-4/h5-8,12-14H,9-11H2,1-4H3,(H,19,21)/t12-,13+,14-/m1/s1. The van der Waals surface area contributed by atoms with Crippen molar-refractivity contribution in [3.63, 3.8) is 0 Å². The van der Waals surface area contributed by atoms with Crippen molar-refractivity contribution >= 4 is 11.9 Å². The van der Waals surface area contributed by atoms with Crippen LogP contribution in [0.3, 0.4) is 0 Å². The van der Waals surface area contributed by atoms with Crippen molar-refractivity contribution in [1.29, 1.82) is 0 Å². The van der Waals surface area contributed by atoms with Crippen LogP contribution < -0.4 is 5.32 Å². The third-order valence-corrected chi connectivity index (χ3v) is 4.22. The second kappa shape index (κ2) is 8.26. The van der Waals surface area contributed by atoms with Crippen LogP contribution in [0.25, 0.3) is 0 Å². The molecule has 1 N–H and O–H groups in total. The van der Waals surface area contributed by atoms with E-state index in [9.17, 15) is 9.59 Å². The molecule has 0 bridgehead atoms. The summed E-state index contributed by atoms with van der Waals surface area (Å²) in [6, 6.07) is 6.82. The number of hydrogen-bond acceptors (Lipinski definition) is 5. The van der Waals surface area contributed by atoms with Crippen molar-refractivity contribution < 1.29 is 19.1 Å². The molecule has 1 saturated heterocycles. The van der Waals surface area contributed by atoms with Gasteiger partial charge in [-0.15, -0.1) is 0 Å². The van der Waals surface area contributed by atoms with Crippen LogP contribution in [0.15, 0.2) is 24.3 Å². The predicted octanol–water partition coefficient (Wildman–Crippen LogP) is 1.59. The maximum absolute atomic E-state index is 12.4. The van der Waals surface area contributed by atoms with Crippen molar-refractivity contribution in [3.8, 4) is 0 Å². The number of amides is 1. The van der Waals surface area contributed by atoms with E-state index in [1.807, 2.05) is 32.9 Å². The quantitative estimate of drug-likeness (QED) is 0.828. The van der Waals surface area contributed by atoms with Crippen LogP contribution in [0.5, 0.6) is 0 Å². The van der Waals surface area contributed by atoms with Crippen LogP contribution in [0, 0.1) is 0 Å². The van der Waals surface area contributed by atoms with Crippen molar-refractivity contribution in [2.24, 2.45) is 0 Å². The number of carbonyl (C=O) groups excluding carboxylic acids is 2. The average molecular weight is 334 g/mol. The van der Waals surface area contributed by atoms with Gasteiger partial charge in [0.25, 0.3) is 0 Å². The van der Waals surface area contributed by atoms with Crippen LogP contribution in [0.2, 0.25) is 0 Å². The molecule has 1 amide bonds. The van der Waals surface area contributed by atoms with Gasteiger partial charge in [-0.1, -0.05) is 12.1 Å². The first-order valence-corrected chi connectivity index (χ1v) is 8.25. The first-order chi connectivity index (χ1) is 11.4. The van der Waals surface area contributed by atoms with E-state index in [0.29, 0.717) is 12.1 Å². The van der Waals surface area contributed by atoms with E-state index in [1.54, 1.807) is 12.1 Å². The fraction of sp³-hybridized carbons (Fsp3) is 0.556. The molecule has 3 atom stereocenters. The highest BCUT2D eigenvalue weighted by molar-refractivity contribution is 5.89. The van der Waals surface area contributed by atoms with Crippen LogP contribution in [-0.4, -0.2) is 55.2 Å². The molecule has 1 fully saturated rings. The Balaban J connectivity index is 1.87. The second-order valence-corrected chi connectivity index (χ2v) is 6.29. The van der Waals surface area contributed by atoms with Crippen molar-refractivity contribution in [3.05, 3.63) is 35.4 Å². The third-order valence-electron chi connectivity index (χ3n) is 4.22. The summed E-state index contributed by atoms with van der Waals surface area (Å²) in [5, 5.41) is 2.95. The Bertz CT molecular complexity index is 563.